The first kappa shape index (κ1) is 29.5. The van der Waals surface area contributed by atoms with Gasteiger partial charge in [-0.15, -0.1) is 0 Å². The molecule has 0 aliphatic carbocycles. The summed E-state index contributed by atoms with van der Waals surface area (Å²) in [7, 11) is 0. The molecule has 40 heavy (non-hydrogen) atoms. The molecule has 3 fully saturated rings. The van der Waals surface area contributed by atoms with Crippen LogP contribution in [0.3, 0.4) is 0 Å². The minimum absolute atomic E-state index is 0.0904. The highest BCUT2D eigenvalue weighted by Crippen LogP contribution is 2.52. The smallest absolute Gasteiger partial charge is 0.475 e. The van der Waals surface area contributed by atoms with E-state index in [0.717, 1.165) is 23.1 Å². The van der Waals surface area contributed by atoms with E-state index < -0.39 is 29.5 Å². The van der Waals surface area contributed by atoms with Crippen LogP contribution in [0, 0.1) is 18.8 Å². The first-order chi connectivity index (χ1) is 18.8. The predicted molar refractivity (Wildman–Crippen MR) is 139 cm³/mol. The molecular weight excluding hydrogens is 551 g/mol. The van der Waals surface area contributed by atoms with Crippen molar-refractivity contribution in [2.24, 2.45) is 11.8 Å². The van der Waals surface area contributed by atoms with Gasteiger partial charge in [-0.05, 0) is 49.9 Å². The molecule has 0 saturated carbocycles. The van der Waals surface area contributed by atoms with Gasteiger partial charge in [-0.1, -0.05) is 53.6 Å². The summed E-state index contributed by atoms with van der Waals surface area (Å²) in [6.07, 6.45) is -3.77. The maximum absolute atomic E-state index is 14.0. The third-order valence-corrected chi connectivity index (χ3v) is 7.95. The first-order valence-electron chi connectivity index (χ1n) is 12.8. The number of carbonyl (C=O) groups is 4. The summed E-state index contributed by atoms with van der Waals surface area (Å²) in [6, 6.07) is 15.1. The molecule has 3 aliphatic heterocycles. The fourth-order valence-electron chi connectivity index (χ4n) is 5.86. The second-order valence-corrected chi connectivity index (χ2v) is 10.6. The molecule has 2 N–H and O–H groups in total. The average Bonchev–Trinajstić information content (AvgIpc) is 3.37. The molecule has 1 spiro atoms. The number of piperidine rings is 1. The van der Waals surface area contributed by atoms with Crippen LogP contribution < -0.4 is 5.32 Å². The van der Waals surface area contributed by atoms with E-state index in [0.29, 0.717) is 31.1 Å². The molecule has 0 unspecified atom stereocenters. The third kappa shape index (κ3) is 5.44. The summed E-state index contributed by atoms with van der Waals surface area (Å²) in [5.41, 5.74) is 1.98. The van der Waals surface area contributed by atoms with E-state index in [-0.39, 0.29) is 23.8 Å². The number of fused-ring (bicyclic) bond motifs is 2. The van der Waals surface area contributed by atoms with Gasteiger partial charge in [0.05, 0.1) is 11.8 Å². The lowest BCUT2D eigenvalue weighted by molar-refractivity contribution is -0.192. The van der Waals surface area contributed by atoms with Crippen molar-refractivity contribution >= 4 is 35.3 Å². The van der Waals surface area contributed by atoms with Crippen LogP contribution in [0.4, 0.5) is 13.2 Å². The Morgan fingerprint density at radius 1 is 1.07 bits per heavy atom. The number of aliphatic carboxylic acids is 1. The van der Waals surface area contributed by atoms with E-state index in [4.69, 9.17) is 21.5 Å². The van der Waals surface area contributed by atoms with Crippen molar-refractivity contribution in [2.45, 2.75) is 51.0 Å². The Bertz CT molecular complexity index is 1300. The number of amides is 3. The zero-order chi connectivity index (χ0) is 29.4. The van der Waals surface area contributed by atoms with E-state index in [2.05, 4.69) is 5.32 Å². The third-order valence-electron chi connectivity index (χ3n) is 7.70. The molecule has 3 amide bonds. The van der Waals surface area contributed by atoms with Crippen molar-refractivity contribution in [3.05, 3.63) is 70.2 Å². The van der Waals surface area contributed by atoms with Gasteiger partial charge in [0.15, 0.2) is 0 Å². The summed E-state index contributed by atoms with van der Waals surface area (Å²) in [4.78, 5) is 52.9. The molecule has 3 heterocycles. The number of imide groups is 1. The minimum Gasteiger partial charge on any atom is -0.475 e. The van der Waals surface area contributed by atoms with Gasteiger partial charge in [-0.25, -0.2) is 4.79 Å². The number of benzene rings is 2. The highest BCUT2D eigenvalue weighted by Gasteiger charge is 2.68. The maximum atomic E-state index is 14.0. The Morgan fingerprint density at radius 3 is 2.23 bits per heavy atom. The summed E-state index contributed by atoms with van der Waals surface area (Å²) < 4.78 is 31.7. The number of carboxylic acids is 1. The SMILES string of the molecule is CCN1C(=O)[C@H]2[C@@H](c3ccc(C)cc3)N[C@]3(CCCN(Cc4ccc(Cl)cc4)C3=O)[C@H]2C1=O.O=C(O)C(F)(F)F. The fraction of sp³-hybridized carbons (Fsp3) is 0.429. The van der Waals surface area contributed by atoms with E-state index >= 15 is 0 Å². The van der Waals surface area contributed by atoms with Crippen LogP contribution in [0.15, 0.2) is 48.5 Å². The van der Waals surface area contributed by atoms with Crippen LogP contribution in [0.25, 0.3) is 0 Å². The van der Waals surface area contributed by atoms with Gasteiger partial charge in [0.2, 0.25) is 17.7 Å². The number of nitrogens with zero attached hydrogens (tertiary/aromatic N) is 2. The first-order valence-corrected chi connectivity index (χ1v) is 13.2. The highest BCUT2D eigenvalue weighted by atomic mass is 35.5. The van der Waals surface area contributed by atoms with Crippen LogP contribution >= 0.6 is 11.6 Å². The molecule has 12 heteroatoms. The summed E-state index contributed by atoms with van der Waals surface area (Å²) in [5.74, 6) is -4.50. The van der Waals surface area contributed by atoms with E-state index in [1.807, 2.05) is 67.3 Å². The van der Waals surface area contributed by atoms with E-state index in [1.54, 1.807) is 0 Å². The van der Waals surface area contributed by atoms with Gasteiger partial charge in [-0.3, -0.25) is 24.6 Å². The van der Waals surface area contributed by atoms with E-state index in [1.165, 1.54) is 4.90 Å². The fourth-order valence-corrected chi connectivity index (χ4v) is 5.99. The van der Waals surface area contributed by atoms with Gasteiger partial charge >= 0.3 is 12.1 Å². The Labute approximate surface area is 234 Å². The second kappa shape index (κ2) is 11.2. The van der Waals surface area contributed by atoms with Crippen LogP contribution in [-0.2, 0) is 25.7 Å². The van der Waals surface area contributed by atoms with Crippen molar-refractivity contribution in [1.29, 1.82) is 0 Å². The molecule has 2 aromatic carbocycles. The Morgan fingerprint density at radius 2 is 1.68 bits per heavy atom. The minimum atomic E-state index is -5.08. The number of hydrogen-bond acceptors (Lipinski definition) is 5. The highest BCUT2D eigenvalue weighted by molar-refractivity contribution is 6.30. The van der Waals surface area contributed by atoms with Gasteiger partial charge in [0, 0.05) is 30.7 Å². The van der Waals surface area contributed by atoms with Crippen LogP contribution in [0.2, 0.25) is 5.02 Å². The topological polar surface area (TPSA) is 107 Å². The second-order valence-electron chi connectivity index (χ2n) is 10.2. The molecular formula is C28H29ClF3N3O5. The van der Waals surface area contributed by atoms with Crippen molar-refractivity contribution < 1.29 is 37.5 Å². The quantitative estimate of drug-likeness (QED) is 0.528. The number of nitrogens with one attached hydrogen (secondary N) is 1. The molecule has 5 rings (SSSR count). The molecule has 3 saturated heterocycles. The molecule has 214 valence electrons. The molecule has 0 radical (unpaired) electrons. The standard InChI is InChI=1S/C26H28ClN3O3.C2HF3O2/c1-3-30-23(31)20-21(24(30)32)26(28-22(20)18-9-5-16(2)6-10-18)13-4-14-29(25(26)33)15-17-7-11-19(27)12-8-17;3-2(4,5)1(6)7/h5-12,20-22,28H,3-4,13-15H2,1-2H3;(H,6,7)/t20-,21-,22-,26-;/m1./s1. The van der Waals surface area contributed by atoms with Crippen molar-refractivity contribution in [1.82, 2.24) is 15.1 Å². The zero-order valence-corrected chi connectivity index (χ0v) is 22.6. The van der Waals surface area contributed by atoms with Crippen LogP contribution in [0.1, 0.15) is 42.5 Å². The lowest BCUT2D eigenvalue weighted by Crippen LogP contribution is -2.63. The van der Waals surface area contributed by atoms with Crippen LogP contribution in [-0.4, -0.2) is 63.4 Å². The predicted octanol–water partition coefficient (Wildman–Crippen LogP) is 4.11. The number of aryl methyl sites for hydroxylation is 1. The number of carboxylic acid groups (broad SMARTS) is 1. The largest absolute Gasteiger partial charge is 0.490 e. The van der Waals surface area contributed by atoms with Crippen molar-refractivity contribution in [2.75, 3.05) is 13.1 Å². The van der Waals surface area contributed by atoms with Crippen LogP contribution in [0.5, 0.6) is 0 Å². The lowest BCUT2D eigenvalue weighted by atomic mass is 9.74. The summed E-state index contributed by atoms with van der Waals surface area (Å²) >= 11 is 6.02. The maximum Gasteiger partial charge on any atom is 0.490 e. The van der Waals surface area contributed by atoms with E-state index in [9.17, 15) is 27.6 Å². The Hall–Kier alpha value is -3.44. The van der Waals surface area contributed by atoms with Crippen molar-refractivity contribution in [3.63, 3.8) is 0 Å². The summed E-state index contributed by atoms with van der Waals surface area (Å²) in [5, 5.41) is 11.3. The van der Waals surface area contributed by atoms with Gasteiger partial charge in [-0.2, -0.15) is 13.2 Å². The molecule has 3 aliphatic rings. The Balaban J connectivity index is 0.000000470. The average molecular weight is 580 g/mol. The normalized spacial score (nSPS) is 26.1. The molecule has 8 nitrogen and oxygen atoms in total. The van der Waals surface area contributed by atoms with Crippen molar-refractivity contribution in [3.8, 4) is 0 Å². The Kier molecular flexibility index (Phi) is 8.28. The number of rotatable bonds is 4. The summed E-state index contributed by atoms with van der Waals surface area (Å²) in [6.45, 7) is 5.22. The molecule has 0 aromatic heterocycles. The molecule has 2 aromatic rings. The number of hydrogen-bond donors (Lipinski definition) is 2. The monoisotopic (exact) mass is 579 g/mol. The molecule has 0 bridgehead atoms. The number of carbonyl (C=O) groups excluding carboxylic acids is 3. The van der Waals surface area contributed by atoms with Gasteiger partial charge in [0.1, 0.15) is 5.54 Å². The zero-order valence-electron chi connectivity index (χ0n) is 21.9. The lowest BCUT2D eigenvalue weighted by Gasteiger charge is -2.42. The molecule has 4 atom stereocenters. The van der Waals surface area contributed by atoms with Gasteiger partial charge < -0.3 is 10.0 Å². The number of alkyl halides is 3. The number of likely N-dealkylation sites (tertiary alicyclic amines) is 2. The van der Waals surface area contributed by atoms with Gasteiger partial charge in [0.25, 0.3) is 0 Å². The number of halogens is 4.